The Hall–Kier alpha value is -2.76. The number of hydrogen-bond donors (Lipinski definition) is 0. The van der Waals surface area contributed by atoms with Gasteiger partial charge in [-0.05, 0) is 12.1 Å². The smallest absolute Gasteiger partial charge is 0.163 e. The van der Waals surface area contributed by atoms with Crippen LogP contribution in [0.3, 0.4) is 0 Å². The molecule has 0 atom stereocenters. The molecule has 6 heteroatoms. The molecule has 0 bridgehead atoms. The summed E-state index contributed by atoms with van der Waals surface area (Å²) in [6, 6.07) is 6.44. The van der Waals surface area contributed by atoms with E-state index in [1.165, 1.54) is 17.1 Å². The molecule has 0 aliphatic heterocycles. The minimum Gasteiger partial charge on any atom is -0.493 e. The van der Waals surface area contributed by atoms with Crippen molar-refractivity contribution in [2.75, 3.05) is 7.11 Å². The Morgan fingerprint density at radius 2 is 2.05 bits per heavy atom. The molecule has 3 rings (SSSR count). The molecule has 1 aromatic carbocycles. The molecule has 2 aromatic heterocycles. The quantitative estimate of drug-likeness (QED) is 0.733. The second kappa shape index (κ2) is 5.08. The lowest BCUT2D eigenvalue weighted by Crippen LogP contribution is -1.97. The summed E-state index contributed by atoms with van der Waals surface area (Å²) in [5.74, 6) is 0.206. The molecule has 20 heavy (non-hydrogen) atoms. The number of ether oxygens (including phenoxy) is 1. The SMILES string of the molecule is COc1cncnc1-c1cnn(-c2ccccc2F)c1. The van der Waals surface area contributed by atoms with Gasteiger partial charge in [0.15, 0.2) is 5.75 Å². The van der Waals surface area contributed by atoms with E-state index in [0.717, 1.165) is 5.56 Å². The Balaban J connectivity index is 2.05. The third kappa shape index (κ3) is 2.11. The number of benzene rings is 1. The van der Waals surface area contributed by atoms with Crippen molar-refractivity contribution in [3.63, 3.8) is 0 Å². The lowest BCUT2D eigenvalue weighted by molar-refractivity contribution is 0.412. The van der Waals surface area contributed by atoms with Crippen molar-refractivity contribution in [3.8, 4) is 22.7 Å². The summed E-state index contributed by atoms with van der Waals surface area (Å²) in [5.41, 5.74) is 1.73. The molecule has 0 radical (unpaired) electrons. The van der Waals surface area contributed by atoms with Crippen molar-refractivity contribution in [2.24, 2.45) is 0 Å². The minimum atomic E-state index is -0.336. The van der Waals surface area contributed by atoms with E-state index < -0.39 is 0 Å². The summed E-state index contributed by atoms with van der Waals surface area (Å²) in [5, 5.41) is 4.16. The van der Waals surface area contributed by atoms with Crippen molar-refractivity contribution in [2.45, 2.75) is 0 Å². The van der Waals surface area contributed by atoms with Crippen LogP contribution in [0.1, 0.15) is 0 Å². The van der Waals surface area contributed by atoms with Gasteiger partial charge in [0, 0.05) is 11.8 Å². The van der Waals surface area contributed by atoms with Crippen LogP contribution in [0.25, 0.3) is 16.9 Å². The first-order chi connectivity index (χ1) is 9.79. The number of halogens is 1. The molecule has 0 aliphatic carbocycles. The van der Waals surface area contributed by atoms with Crippen molar-refractivity contribution >= 4 is 0 Å². The lowest BCUT2D eigenvalue weighted by atomic mass is 10.2. The molecule has 0 spiro atoms. The topological polar surface area (TPSA) is 52.8 Å². The third-order valence-corrected chi connectivity index (χ3v) is 2.85. The summed E-state index contributed by atoms with van der Waals surface area (Å²) in [7, 11) is 1.55. The van der Waals surface area contributed by atoms with E-state index in [2.05, 4.69) is 15.1 Å². The van der Waals surface area contributed by atoms with Crippen LogP contribution < -0.4 is 4.74 Å². The maximum Gasteiger partial charge on any atom is 0.163 e. The minimum absolute atomic E-state index is 0.336. The molecule has 100 valence electrons. The summed E-state index contributed by atoms with van der Waals surface area (Å²) >= 11 is 0. The normalized spacial score (nSPS) is 10.5. The zero-order valence-corrected chi connectivity index (χ0v) is 10.7. The third-order valence-electron chi connectivity index (χ3n) is 2.85. The fraction of sp³-hybridized carbons (Fsp3) is 0.0714. The Morgan fingerprint density at radius 3 is 2.85 bits per heavy atom. The highest BCUT2D eigenvalue weighted by Gasteiger charge is 2.11. The summed E-state index contributed by atoms with van der Waals surface area (Å²) in [4.78, 5) is 8.06. The molecule has 0 aliphatic rings. The maximum absolute atomic E-state index is 13.7. The van der Waals surface area contributed by atoms with Gasteiger partial charge < -0.3 is 4.74 Å². The number of rotatable bonds is 3. The molecule has 0 N–H and O–H groups in total. The van der Waals surface area contributed by atoms with Gasteiger partial charge in [0.25, 0.3) is 0 Å². The zero-order chi connectivity index (χ0) is 13.9. The van der Waals surface area contributed by atoms with Gasteiger partial charge in [-0.15, -0.1) is 0 Å². The number of para-hydroxylation sites is 1. The predicted octanol–water partition coefficient (Wildman–Crippen LogP) is 2.48. The first kappa shape index (κ1) is 12.3. The van der Waals surface area contributed by atoms with E-state index in [0.29, 0.717) is 17.1 Å². The van der Waals surface area contributed by atoms with Crippen LogP contribution in [0.15, 0.2) is 49.2 Å². The zero-order valence-electron chi connectivity index (χ0n) is 10.7. The van der Waals surface area contributed by atoms with Crippen molar-refractivity contribution in [3.05, 3.63) is 55.0 Å². The highest BCUT2D eigenvalue weighted by molar-refractivity contribution is 5.64. The first-order valence-corrected chi connectivity index (χ1v) is 5.93. The van der Waals surface area contributed by atoms with Gasteiger partial charge >= 0.3 is 0 Å². The Labute approximate surface area is 114 Å². The molecular weight excluding hydrogens is 259 g/mol. The van der Waals surface area contributed by atoms with Gasteiger partial charge in [-0.25, -0.2) is 19.0 Å². The summed E-state index contributed by atoms with van der Waals surface area (Å²) < 4.78 is 20.4. The van der Waals surface area contributed by atoms with E-state index in [9.17, 15) is 4.39 Å². The van der Waals surface area contributed by atoms with Gasteiger partial charge in [0.2, 0.25) is 0 Å². The number of hydrogen-bond acceptors (Lipinski definition) is 4. The highest BCUT2D eigenvalue weighted by Crippen LogP contribution is 2.26. The first-order valence-electron chi connectivity index (χ1n) is 5.93. The van der Waals surface area contributed by atoms with Crippen LogP contribution in [0.2, 0.25) is 0 Å². The van der Waals surface area contributed by atoms with Crippen LogP contribution in [0, 0.1) is 5.82 Å². The summed E-state index contributed by atoms with van der Waals surface area (Å²) in [6.45, 7) is 0. The maximum atomic E-state index is 13.7. The molecule has 0 saturated carbocycles. The molecule has 0 fully saturated rings. The molecule has 3 aromatic rings. The fourth-order valence-corrected chi connectivity index (χ4v) is 1.90. The largest absolute Gasteiger partial charge is 0.493 e. The van der Waals surface area contributed by atoms with E-state index in [4.69, 9.17) is 4.74 Å². The van der Waals surface area contributed by atoms with Crippen LogP contribution in [0.4, 0.5) is 4.39 Å². The van der Waals surface area contributed by atoms with Gasteiger partial charge in [0.05, 0.1) is 19.5 Å². The van der Waals surface area contributed by atoms with E-state index >= 15 is 0 Å². The van der Waals surface area contributed by atoms with E-state index in [1.807, 2.05) is 0 Å². The average Bonchev–Trinajstić information content (AvgIpc) is 2.97. The second-order valence-electron chi connectivity index (χ2n) is 4.06. The van der Waals surface area contributed by atoms with Crippen LogP contribution >= 0.6 is 0 Å². The Kier molecular flexibility index (Phi) is 3.12. The van der Waals surface area contributed by atoms with E-state index in [-0.39, 0.29) is 5.82 Å². The van der Waals surface area contributed by atoms with Crippen LogP contribution in [-0.2, 0) is 0 Å². The van der Waals surface area contributed by atoms with Gasteiger partial charge in [0.1, 0.15) is 23.5 Å². The van der Waals surface area contributed by atoms with Crippen molar-refractivity contribution in [1.82, 2.24) is 19.7 Å². The average molecular weight is 270 g/mol. The Bertz CT molecular complexity index is 741. The molecule has 5 nitrogen and oxygen atoms in total. The standard InChI is InChI=1S/C14H11FN4O/c1-20-13-7-16-9-17-14(13)10-6-18-19(8-10)12-5-3-2-4-11(12)15/h2-9H,1H3. The van der Waals surface area contributed by atoms with E-state index in [1.54, 1.807) is 43.9 Å². The van der Waals surface area contributed by atoms with Crippen molar-refractivity contribution in [1.29, 1.82) is 0 Å². The van der Waals surface area contributed by atoms with Crippen LogP contribution in [-0.4, -0.2) is 26.9 Å². The second-order valence-corrected chi connectivity index (χ2v) is 4.06. The van der Waals surface area contributed by atoms with Gasteiger partial charge in [-0.3, -0.25) is 0 Å². The Morgan fingerprint density at radius 1 is 1.20 bits per heavy atom. The lowest BCUT2D eigenvalue weighted by Gasteiger charge is -2.04. The number of nitrogens with zero attached hydrogens (tertiary/aromatic N) is 4. The molecular formula is C14H11FN4O. The van der Waals surface area contributed by atoms with Crippen molar-refractivity contribution < 1.29 is 9.13 Å². The van der Waals surface area contributed by atoms with Gasteiger partial charge in [-0.2, -0.15) is 5.10 Å². The monoisotopic (exact) mass is 270 g/mol. The number of methoxy groups -OCH3 is 1. The molecule has 2 heterocycles. The molecule has 0 unspecified atom stereocenters. The van der Waals surface area contributed by atoms with Crippen LogP contribution in [0.5, 0.6) is 5.75 Å². The highest BCUT2D eigenvalue weighted by atomic mass is 19.1. The van der Waals surface area contributed by atoms with Gasteiger partial charge in [-0.1, -0.05) is 12.1 Å². The molecule has 0 saturated heterocycles. The summed E-state index contributed by atoms with van der Waals surface area (Å²) in [6.07, 6.45) is 6.31. The predicted molar refractivity (Wildman–Crippen MR) is 71.1 cm³/mol. The number of aromatic nitrogens is 4. The molecule has 0 amide bonds. The fourth-order valence-electron chi connectivity index (χ4n) is 1.90.